The summed E-state index contributed by atoms with van der Waals surface area (Å²) in [5.74, 6) is 0. The number of hydrogen-bond donors (Lipinski definition) is 0. The van der Waals surface area contributed by atoms with E-state index < -0.39 is 0 Å². The van der Waals surface area contributed by atoms with Crippen LogP contribution >= 0.6 is 0 Å². The number of allylic oxidation sites excluding steroid dienone is 9. The van der Waals surface area contributed by atoms with Gasteiger partial charge in [0.2, 0.25) is 0 Å². The van der Waals surface area contributed by atoms with Gasteiger partial charge in [-0.1, -0.05) is 177 Å². The number of aldehydes is 1. The second-order valence-electron chi connectivity index (χ2n) is 17.2. The Morgan fingerprint density at radius 2 is 0.968 bits per heavy atom. The summed E-state index contributed by atoms with van der Waals surface area (Å²) in [6, 6.07) is 19.8. The first-order valence-electron chi connectivity index (χ1n) is 23.7. The SMILES string of the molecule is CCCCCCCCCCCC1=C2C=CC(=N2)C(=c2ccc(=C[O-])cc2)c2ccc([n-]2)C(CCCCCCCCCCC)=C2C=CC(=N2)C(c2ccc(C=O)cc2)=C2C=CC1=N2.[Zn+2]. The minimum absolute atomic E-state index is 0. The molecule has 7 rings (SSSR count). The molecule has 0 spiro atoms. The van der Waals surface area contributed by atoms with Crippen molar-refractivity contribution in [2.45, 2.75) is 142 Å². The van der Waals surface area contributed by atoms with Crippen LogP contribution in [0.4, 0.5) is 0 Å². The fraction of sp³-hybridized carbons (Fsp3) is 0.393. The van der Waals surface area contributed by atoms with E-state index in [1.165, 1.54) is 89.9 Å². The smallest absolute Gasteiger partial charge is 0.877 e. The van der Waals surface area contributed by atoms with E-state index in [-0.39, 0.29) is 19.5 Å². The molecule has 63 heavy (non-hydrogen) atoms. The summed E-state index contributed by atoms with van der Waals surface area (Å²) >= 11 is 0. The van der Waals surface area contributed by atoms with E-state index in [0.717, 1.165) is 130 Å². The molecule has 6 nitrogen and oxygen atoms in total. The average molecular weight is 891 g/mol. The Morgan fingerprint density at radius 3 is 1.54 bits per heavy atom. The van der Waals surface area contributed by atoms with Gasteiger partial charge >= 0.3 is 19.5 Å². The van der Waals surface area contributed by atoms with Crippen LogP contribution in [-0.4, -0.2) is 23.4 Å². The molecule has 0 fully saturated rings. The zero-order chi connectivity index (χ0) is 42.9. The number of aromatic nitrogens is 1. The number of nitrogens with zero attached hydrogens (tertiary/aromatic N) is 4. The molecule has 4 aliphatic heterocycles. The summed E-state index contributed by atoms with van der Waals surface area (Å²) in [7, 11) is 0. The largest absolute Gasteiger partial charge is 2.00 e. The van der Waals surface area contributed by atoms with Crippen molar-refractivity contribution in [1.82, 2.24) is 4.98 Å². The van der Waals surface area contributed by atoms with Gasteiger partial charge in [-0.15, -0.1) is 17.6 Å². The van der Waals surface area contributed by atoms with Crippen LogP contribution in [0.15, 0.2) is 135 Å². The van der Waals surface area contributed by atoms with Gasteiger partial charge in [0.25, 0.3) is 0 Å². The molecule has 4 aliphatic rings. The van der Waals surface area contributed by atoms with E-state index in [4.69, 9.17) is 20.0 Å². The van der Waals surface area contributed by atoms with Gasteiger partial charge in [-0.05, 0) is 89.3 Å². The summed E-state index contributed by atoms with van der Waals surface area (Å²) in [5, 5.41) is 13.3. The molecule has 0 saturated heterocycles. The molecule has 2 aromatic carbocycles. The van der Waals surface area contributed by atoms with E-state index in [9.17, 15) is 9.90 Å². The van der Waals surface area contributed by atoms with Gasteiger partial charge in [0.15, 0.2) is 0 Å². The Hall–Kier alpha value is -5.00. The van der Waals surface area contributed by atoms with Crippen molar-refractivity contribution in [1.29, 1.82) is 0 Å². The van der Waals surface area contributed by atoms with E-state index in [0.29, 0.717) is 10.8 Å². The van der Waals surface area contributed by atoms with Crippen molar-refractivity contribution in [3.05, 3.63) is 153 Å². The van der Waals surface area contributed by atoms with E-state index in [2.05, 4.69) is 62.4 Å². The molecule has 1 aromatic heterocycles. The fourth-order valence-corrected chi connectivity index (χ4v) is 8.99. The molecule has 0 radical (unpaired) electrons. The molecular weight excluding hydrogens is 826 g/mol. The maximum Gasteiger partial charge on any atom is 2.00 e. The molecule has 0 atom stereocenters. The molecule has 0 N–H and O–H groups in total. The molecule has 0 saturated carbocycles. The van der Waals surface area contributed by atoms with Crippen LogP contribution in [0.2, 0.25) is 0 Å². The van der Waals surface area contributed by atoms with E-state index in [1.807, 2.05) is 48.5 Å². The molecular formula is C56H64N4O2Zn. The Balaban J connectivity index is 0.00000661. The third-order valence-electron chi connectivity index (χ3n) is 12.6. The van der Waals surface area contributed by atoms with Crippen LogP contribution in [0, 0.1) is 0 Å². The van der Waals surface area contributed by atoms with E-state index >= 15 is 0 Å². The Labute approximate surface area is 388 Å². The average Bonchev–Trinajstić information content (AvgIpc) is 4.16. The number of fused-ring (bicyclic) bond motifs is 5. The second kappa shape index (κ2) is 24.7. The topological polar surface area (TPSA) is 91.3 Å². The fourth-order valence-electron chi connectivity index (χ4n) is 8.99. The molecule has 322 valence electrons. The Kier molecular flexibility index (Phi) is 18.6. The van der Waals surface area contributed by atoms with Gasteiger partial charge in [0.05, 0.1) is 34.2 Å². The van der Waals surface area contributed by atoms with Crippen molar-refractivity contribution in [3.63, 3.8) is 0 Å². The predicted octanol–water partition coefficient (Wildman–Crippen LogP) is 12.0. The molecule has 3 aromatic rings. The number of rotatable bonds is 22. The zero-order valence-corrected chi connectivity index (χ0v) is 40.8. The number of carbonyl (C=O) groups excluding carboxylic acids is 1. The van der Waals surface area contributed by atoms with Crippen LogP contribution in [0.3, 0.4) is 0 Å². The summed E-state index contributed by atoms with van der Waals surface area (Å²) in [6.45, 7) is 4.54. The van der Waals surface area contributed by atoms with Crippen molar-refractivity contribution in [3.8, 4) is 0 Å². The number of carbonyl (C=O) groups is 1. The molecule has 0 unspecified atom stereocenters. The second-order valence-corrected chi connectivity index (χ2v) is 17.2. The Morgan fingerprint density at radius 1 is 0.492 bits per heavy atom. The van der Waals surface area contributed by atoms with Gasteiger partial charge in [-0.3, -0.25) is 4.79 Å². The van der Waals surface area contributed by atoms with Crippen molar-refractivity contribution in [2.24, 2.45) is 15.0 Å². The predicted molar refractivity (Wildman–Crippen MR) is 259 cm³/mol. The maximum atomic E-state index is 11.7. The third kappa shape index (κ3) is 12.6. The van der Waals surface area contributed by atoms with Gasteiger partial charge in [0, 0.05) is 16.7 Å². The number of unbranched alkanes of at least 4 members (excludes halogenated alkanes) is 16. The molecule has 0 aliphatic carbocycles. The quantitative estimate of drug-likeness (QED) is 0.0571. The first-order valence-corrected chi connectivity index (χ1v) is 23.7. The third-order valence-corrected chi connectivity index (χ3v) is 12.6. The molecule has 5 heterocycles. The monoisotopic (exact) mass is 888 g/mol. The van der Waals surface area contributed by atoms with Gasteiger partial charge in [-0.2, -0.15) is 0 Å². The molecule has 0 amide bonds. The van der Waals surface area contributed by atoms with Crippen LogP contribution < -0.4 is 20.5 Å². The zero-order valence-electron chi connectivity index (χ0n) is 37.8. The minimum Gasteiger partial charge on any atom is -0.877 e. The number of hydrogen-bond acceptors (Lipinski definition) is 5. The van der Waals surface area contributed by atoms with Crippen LogP contribution in [-0.2, 0) is 19.5 Å². The molecule has 7 heteroatoms. The van der Waals surface area contributed by atoms with Crippen LogP contribution in [0.25, 0.3) is 23.0 Å². The number of benzene rings is 2. The standard InChI is InChI=1S/C56H66N4O2.Zn/c1-3-5-7-9-11-13-15-17-19-21-45-47-31-35-51(57-47)55(43-27-23-41(39-61)24-28-43)53-37-33-49(59-53)46(22-20-18-16-14-12-10-8-6-4-2)50-34-38-54(60-50)56(52-36-32-48(45)58-52)44-29-25-42(40-62)26-30-44;/h23-40H,3-22H2,1-2H3,(H2,57,58,59,60,61,62);/q;+2/p-2. The first kappa shape index (κ1) is 47.5. The van der Waals surface area contributed by atoms with Crippen molar-refractivity contribution in [2.75, 3.05) is 0 Å². The normalized spacial score (nSPS) is 15.3. The summed E-state index contributed by atoms with van der Waals surface area (Å²) in [4.78, 5) is 33.3. The van der Waals surface area contributed by atoms with Crippen molar-refractivity contribution >= 4 is 46.4 Å². The maximum absolute atomic E-state index is 11.7. The number of aliphatic imine (C=N–C) groups is 3. The van der Waals surface area contributed by atoms with E-state index in [1.54, 1.807) is 0 Å². The van der Waals surface area contributed by atoms with Gasteiger partial charge in [0.1, 0.15) is 6.29 Å². The summed E-state index contributed by atoms with van der Waals surface area (Å²) in [6.07, 6.45) is 38.9. The van der Waals surface area contributed by atoms with Crippen LogP contribution in [0.5, 0.6) is 0 Å². The summed E-state index contributed by atoms with van der Waals surface area (Å²) in [5.41, 5.74) is 12.9. The first-order chi connectivity index (χ1) is 30.6. The van der Waals surface area contributed by atoms with Gasteiger partial charge in [-0.25, -0.2) is 15.0 Å². The van der Waals surface area contributed by atoms with Crippen LogP contribution in [0.1, 0.15) is 170 Å². The molecule has 8 bridgehead atoms. The Bertz CT molecular complexity index is 2440. The minimum atomic E-state index is 0. The summed E-state index contributed by atoms with van der Waals surface area (Å²) < 4.78 is 0. The van der Waals surface area contributed by atoms with Gasteiger partial charge < -0.3 is 10.1 Å². The van der Waals surface area contributed by atoms with Crippen molar-refractivity contribution < 1.29 is 29.4 Å².